The van der Waals surface area contributed by atoms with Crippen LogP contribution in [-0.2, 0) is 4.79 Å². The van der Waals surface area contributed by atoms with Crippen LogP contribution >= 0.6 is 11.3 Å². The van der Waals surface area contributed by atoms with Crippen LogP contribution in [0.15, 0.2) is 66.4 Å². The van der Waals surface area contributed by atoms with Crippen molar-refractivity contribution >= 4 is 32.6 Å². The molecule has 0 spiro atoms. The molecule has 6 heteroatoms. The Morgan fingerprint density at radius 3 is 2.56 bits per heavy atom. The molecule has 2 heterocycles. The number of nitrogens with zero attached hydrogens (tertiary/aromatic N) is 3. The van der Waals surface area contributed by atoms with Crippen LogP contribution < -0.4 is 10.4 Å². The maximum Gasteiger partial charge on any atom is 0.274 e. The Labute approximate surface area is 150 Å². The first-order valence-corrected chi connectivity index (χ1v) is 8.84. The second kappa shape index (κ2) is 6.31. The molecule has 1 aromatic heterocycles. The molecule has 2 aromatic carbocycles. The van der Waals surface area contributed by atoms with Crippen LogP contribution in [0.3, 0.4) is 0 Å². The number of hydrogen-bond donors (Lipinski definition) is 1. The van der Waals surface area contributed by atoms with Gasteiger partial charge in [-0.15, -0.1) is 0 Å². The molecule has 126 valence electrons. The van der Waals surface area contributed by atoms with Gasteiger partial charge in [-0.2, -0.15) is 0 Å². The molecule has 3 aromatic rings. The summed E-state index contributed by atoms with van der Waals surface area (Å²) in [6.45, 7) is 0. The number of carbonyl (C=O) groups is 1. The fraction of sp³-hybridized carbons (Fsp3) is 0.158. The quantitative estimate of drug-likeness (QED) is 0.736. The van der Waals surface area contributed by atoms with E-state index in [4.69, 9.17) is 0 Å². The summed E-state index contributed by atoms with van der Waals surface area (Å²) in [4.78, 5) is 19.5. The van der Waals surface area contributed by atoms with Crippen molar-refractivity contribution < 1.29 is 4.79 Å². The van der Waals surface area contributed by atoms with Crippen LogP contribution in [0.25, 0.3) is 10.2 Å². The minimum Gasteiger partial charge on any atom is -0.383 e. The van der Waals surface area contributed by atoms with Gasteiger partial charge in [0.05, 0.1) is 21.8 Å². The molecule has 0 bridgehead atoms. The third kappa shape index (κ3) is 2.90. The summed E-state index contributed by atoms with van der Waals surface area (Å²) in [6.07, 6.45) is 1.88. The minimum atomic E-state index is -0.192. The van der Waals surface area contributed by atoms with E-state index in [1.54, 1.807) is 5.01 Å². The van der Waals surface area contributed by atoms with E-state index in [1.165, 1.54) is 11.3 Å². The molecule has 25 heavy (non-hydrogen) atoms. The predicted octanol–water partition coefficient (Wildman–Crippen LogP) is 3.33. The van der Waals surface area contributed by atoms with Crippen molar-refractivity contribution in [1.29, 1.82) is 0 Å². The molecule has 1 unspecified atom stereocenters. The second-order valence-electron chi connectivity index (χ2n) is 6.13. The van der Waals surface area contributed by atoms with Crippen molar-refractivity contribution in [2.75, 3.05) is 19.1 Å². The Bertz CT molecular complexity index is 915. The van der Waals surface area contributed by atoms with Gasteiger partial charge < -0.3 is 4.90 Å². The maximum absolute atomic E-state index is 13.0. The Balaban J connectivity index is 1.76. The highest BCUT2D eigenvalue weighted by atomic mass is 32.1. The summed E-state index contributed by atoms with van der Waals surface area (Å²) >= 11 is 1.51. The Morgan fingerprint density at radius 1 is 1.12 bits per heavy atom. The van der Waals surface area contributed by atoms with Crippen LogP contribution in [0.1, 0.15) is 11.6 Å². The summed E-state index contributed by atoms with van der Waals surface area (Å²) in [5.41, 5.74) is 5.98. The lowest BCUT2D eigenvalue weighted by Crippen LogP contribution is -2.35. The van der Waals surface area contributed by atoms with E-state index in [9.17, 15) is 4.79 Å². The minimum absolute atomic E-state index is 0.0680. The number of amides is 1. The van der Waals surface area contributed by atoms with Gasteiger partial charge >= 0.3 is 0 Å². The third-order valence-electron chi connectivity index (χ3n) is 4.02. The Morgan fingerprint density at radius 2 is 1.84 bits per heavy atom. The zero-order valence-electron chi connectivity index (χ0n) is 14.0. The van der Waals surface area contributed by atoms with Crippen molar-refractivity contribution in [2.45, 2.75) is 6.04 Å². The standard InChI is InChI=1S/C19H18N4OS/c1-22(2)12-14-17(13-8-4-3-5-9-13)21-23(18(14)24)19-20-15-10-6-7-11-16(15)25-19/h3-12,17,21H,1-2H3/b14-12-. The first-order valence-electron chi connectivity index (χ1n) is 8.03. The molecule has 0 aliphatic carbocycles. The largest absolute Gasteiger partial charge is 0.383 e. The van der Waals surface area contributed by atoms with Gasteiger partial charge in [-0.25, -0.2) is 15.4 Å². The van der Waals surface area contributed by atoms with E-state index in [-0.39, 0.29) is 11.9 Å². The number of fused-ring (bicyclic) bond motifs is 1. The number of nitrogens with one attached hydrogen (secondary N) is 1. The van der Waals surface area contributed by atoms with E-state index in [2.05, 4.69) is 10.4 Å². The number of para-hydroxylation sites is 1. The van der Waals surface area contributed by atoms with E-state index < -0.39 is 0 Å². The van der Waals surface area contributed by atoms with Gasteiger partial charge in [-0.1, -0.05) is 53.8 Å². The number of hydrazine groups is 1. The molecule has 0 saturated carbocycles. The normalized spacial score (nSPS) is 19.1. The molecule has 1 N–H and O–H groups in total. The second-order valence-corrected chi connectivity index (χ2v) is 7.13. The number of carbonyl (C=O) groups excluding carboxylic acids is 1. The van der Waals surface area contributed by atoms with Crippen molar-refractivity contribution in [1.82, 2.24) is 15.3 Å². The van der Waals surface area contributed by atoms with E-state index >= 15 is 0 Å². The molecule has 1 aliphatic rings. The average Bonchev–Trinajstić information content (AvgIpc) is 3.17. The highest BCUT2D eigenvalue weighted by Crippen LogP contribution is 2.35. The van der Waals surface area contributed by atoms with Crippen molar-refractivity contribution in [3.05, 3.63) is 71.9 Å². The lowest BCUT2D eigenvalue weighted by Gasteiger charge is -2.15. The number of aromatic nitrogens is 1. The first-order chi connectivity index (χ1) is 12.1. The van der Waals surface area contributed by atoms with Gasteiger partial charge in [0, 0.05) is 20.3 Å². The number of anilines is 1. The molecule has 1 aliphatic heterocycles. The molecular weight excluding hydrogens is 332 g/mol. The van der Waals surface area contributed by atoms with Crippen LogP contribution in [0.4, 0.5) is 5.13 Å². The zero-order valence-corrected chi connectivity index (χ0v) is 14.8. The van der Waals surface area contributed by atoms with E-state index in [0.717, 1.165) is 15.8 Å². The molecule has 1 saturated heterocycles. The van der Waals surface area contributed by atoms with Crippen molar-refractivity contribution in [3.8, 4) is 0 Å². The van der Waals surface area contributed by atoms with Gasteiger partial charge in [0.25, 0.3) is 5.91 Å². The number of rotatable bonds is 3. The number of benzene rings is 2. The Kier molecular flexibility index (Phi) is 3.99. The van der Waals surface area contributed by atoms with Crippen LogP contribution in [-0.4, -0.2) is 29.9 Å². The molecule has 1 amide bonds. The van der Waals surface area contributed by atoms with Crippen molar-refractivity contribution in [3.63, 3.8) is 0 Å². The molecule has 0 radical (unpaired) electrons. The SMILES string of the molecule is CN(C)/C=C1\C(=O)N(c2nc3ccccc3s2)NC1c1ccccc1. The molecule has 1 fully saturated rings. The summed E-state index contributed by atoms with van der Waals surface area (Å²) in [7, 11) is 3.84. The molecule has 4 rings (SSSR count). The third-order valence-corrected chi connectivity index (χ3v) is 5.04. The number of hydrogen-bond acceptors (Lipinski definition) is 5. The smallest absolute Gasteiger partial charge is 0.274 e. The van der Waals surface area contributed by atoms with Gasteiger partial charge in [-0.3, -0.25) is 4.79 Å². The molecule has 5 nitrogen and oxygen atoms in total. The topological polar surface area (TPSA) is 48.5 Å². The highest BCUT2D eigenvalue weighted by molar-refractivity contribution is 7.22. The molecular formula is C19H18N4OS. The maximum atomic E-state index is 13.0. The predicted molar refractivity (Wildman–Crippen MR) is 101 cm³/mol. The van der Waals surface area contributed by atoms with Crippen LogP contribution in [0, 0.1) is 0 Å². The summed E-state index contributed by atoms with van der Waals surface area (Å²) < 4.78 is 1.06. The van der Waals surface area contributed by atoms with Gasteiger partial charge in [-0.05, 0) is 17.7 Å². The fourth-order valence-electron chi connectivity index (χ4n) is 2.92. The fourth-order valence-corrected chi connectivity index (χ4v) is 3.85. The van der Waals surface area contributed by atoms with Crippen LogP contribution in [0.5, 0.6) is 0 Å². The zero-order chi connectivity index (χ0) is 17.4. The lowest BCUT2D eigenvalue weighted by molar-refractivity contribution is -0.114. The number of thiazole rings is 1. The Hall–Kier alpha value is -2.70. The lowest BCUT2D eigenvalue weighted by atomic mass is 10.0. The molecule has 1 atom stereocenters. The van der Waals surface area contributed by atoms with Gasteiger partial charge in [0.1, 0.15) is 0 Å². The first kappa shape index (κ1) is 15.8. The highest BCUT2D eigenvalue weighted by Gasteiger charge is 2.38. The summed E-state index contributed by atoms with van der Waals surface area (Å²) in [5.74, 6) is -0.0680. The van der Waals surface area contributed by atoms with Gasteiger partial charge in [0.2, 0.25) is 5.13 Å². The van der Waals surface area contributed by atoms with E-state index in [1.807, 2.05) is 79.8 Å². The van der Waals surface area contributed by atoms with Crippen LogP contribution in [0.2, 0.25) is 0 Å². The van der Waals surface area contributed by atoms with E-state index in [0.29, 0.717) is 10.7 Å². The summed E-state index contributed by atoms with van der Waals surface area (Å²) in [6, 6.07) is 17.7. The summed E-state index contributed by atoms with van der Waals surface area (Å²) in [5, 5.41) is 2.23. The van der Waals surface area contributed by atoms with Crippen molar-refractivity contribution in [2.24, 2.45) is 0 Å². The monoisotopic (exact) mass is 350 g/mol. The van der Waals surface area contributed by atoms with Gasteiger partial charge in [0.15, 0.2) is 0 Å². The average molecular weight is 350 g/mol.